The highest BCUT2D eigenvalue weighted by Gasteiger charge is 2.36. The lowest BCUT2D eigenvalue weighted by molar-refractivity contribution is -0.119. The van der Waals surface area contributed by atoms with Crippen molar-refractivity contribution in [1.29, 1.82) is 0 Å². The highest BCUT2D eigenvalue weighted by Crippen LogP contribution is 2.35. The molecule has 0 saturated carbocycles. The summed E-state index contributed by atoms with van der Waals surface area (Å²) < 4.78 is 1.54. The summed E-state index contributed by atoms with van der Waals surface area (Å²) >= 11 is 0. The zero-order chi connectivity index (χ0) is 24.9. The maximum absolute atomic E-state index is 13.9. The van der Waals surface area contributed by atoms with Gasteiger partial charge in [-0.2, -0.15) is 5.10 Å². The summed E-state index contributed by atoms with van der Waals surface area (Å²) in [5.74, 6) is -0.722. The molecule has 8 heteroatoms. The minimum absolute atomic E-state index is 0.141. The van der Waals surface area contributed by atoms with Gasteiger partial charge in [0.15, 0.2) is 5.69 Å². The normalized spacial score (nSPS) is 16.0. The monoisotopic (exact) mass is 471 g/mol. The van der Waals surface area contributed by atoms with Crippen molar-refractivity contribution < 1.29 is 14.4 Å². The Morgan fingerprint density at radius 3 is 2.31 bits per heavy atom. The SMILES string of the molecule is Cc1cccc(-n2nc(C(N)=O)c3c2C(=O)N(c2c(C)cc(N4CCCCC4=O)cc2C)CC3)c1. The lowest BCUT2D eigenvalue weighted by Gasteiger charge is -2.32. The number of nitrogens with zero attached hydrogens (tertiary/aromatic N) is 4. The molecule has 3 aromatic rings. The van der Waals surface area contributed by atoms with Gasteiger partial charge in [-0.1, -0.05) is 12.1 Å². The summed E-state index contributed by atoms with van der Waals surface area (Å²) in [5.41, 5.74) is 12.0. The number of hydrogen-bond acceptors (Lipinski definition) is 4. The topological polar surface area (TPSA) is 102 Å². The first-order valence-corrected chi connectivity index (χ1v) is 12.0. The number of carbonyl (C=O) groups is 3. The van der Waals surface area contributed by atoms with Gasteiger partial charge in [0.05, 0.1) is 5.69 Å². The van der Waals surface area contributed by atoms with Crippen LogP contribution in [0.1, 0.15) is 62.5 Å². The first-order valence-electron chi connectivity index (χ1n) is 12.0. The van der Waals surface area contributed by atoms with Crippen LogP contribution in [0.4, 0.5) is 11.4 Å². The maximum atomic E-state index is 13.9. The molecular formula is C27H29N5O3. The highest BCUT2D eigenvalue weighted by molar-refractivity contribution is 6.10. The second-order valence-electron chi connectivity index (χ2n) is 9.43. The van der Waals surface area contributed by atoms with Crippen LogP contribution in [0, 0.1) is 20.8 Å². The van der Waals surface area contributed by atoms with E-state index in [0.717, 1.165) is 40.9 Å². The van der Waals surface area contributed by atoms with Crippen molar-refractivity contribution in [2.45, 2.75) is 46.5 Å². The second-order valence-corrected chi connectivity index (χ2v) is 9.43. The van der Waals surface area contributed by atoms with Gasteiger partial charge >= 0.3 is 0 Å². The van der Waals surface area contributed by atoms with Crippen molar-refractivity contribution in [3.05, 3.63) is 70.0 Å². The molecule has 1 aromatic heterocycles. The van der Waals surface area contributed by atoms with Crippen molar-refractivity contribution in [2.24, 2.45) is 5.73 Å². The molecule has 2 aromatic carbocycles. The molecule has 3 heterocycles. The Bertz CT molecular complexity index is 1350. The van der Waals surface area contributed by atoms with Crippen molar-refractivity contribution in [2.75, 3.05) is 22.9 Å². The van der Waals surface area contributed by atoms with Gasteiger partial charge < -0.3 is 15.5 Å². The summed E-state index contributed by atoms with van der Waals surface area (Å²) in [6.07, 6.45) is 2.96. The molecule has 180 valence electrons. The number of benzene rings is 2. The third-order valence-electron chi connectivity index (χ3n) is 6.88. The molecular weight excluding hydrogens is 442 g/mol. The Hall–Kier alpha value is -3.94. The summed E-state index contributed by atoms with van der Waals surface area (Å²) in [7, 11) is 0. The number of amides is 3. The number of hydrogen-bond donors (Lipinski definition) is 1. The van der Waals surface area contributed by atoms with Crippen LogP contribution in [0.2, 0.25) is 0 Å². The number of aryl methyl sites for hydroxylation is 3. The molecule has 3 amide bonds. The van der Waals surface area contributed by atoms with E-state index < -0.39 is 5.91 Å². The molecule has 2 aliphatic heterocycles. The van der Waals surface area contributed by atoms with Crippen LogP contribution in [0.15, 0.2) is 36.4 Å². The fourth-order valence-electron chi connectivity index (χ4n) is 5.31. The number of carbonyl (C=O) groups excluding carboxylic acids is 3. The second kappa shape index (κ2) is 8.69. The largest absolute Gasteiger partial charge is 0.364 e. The number of nitrogens with two attached hydrogens (primary N) is 1. The molecule has 0 aliphatic carbocycles. The number of rotatable bonds is 4. The summed E-state index contributed by atoms with van der Waals surface area (Å²) in [6.45, 7) is 7.03. The number of aromatic nitrogens is 2. The van der Waals surface area contributed by atoms with E-state index in [4.69, 9.17) is 5.73 Å². The number of fused-ring (bicyclic) bond motifs is 1. The van der Waals surface area contributed by atoms with Gasteiger partial charge in [-0.3, -0.25) is 14.4 Å². The average Bonchev–Trinajstić information content (AvgIpc) is 3.21. The van der Waals surface area contributed by atoms with Crippen LogP contribution < -0.4 is 15.5 Å². The lowest BCUT2D eigenvalue weighted by Crippen LogP contribution is -2.40. The Morgan fingerprint density at radius 2 is 1.66 bits per heavy atom. The number of anilines is 2. The van der Waals surface area contributed by atoms with Crippen molar-refractivity contribution in [3.8, 4) is 5.69 Å². The molecule has 8 nitrogen and oxygen atoms in total. The molecule has 1 saturated heterocycles. The first kappa shape index (κ1) is 22.8. The Morgan fingerprint density at radius 1 is 0.914 bits per heavy atom. The van der Waals surface area contributed by atoms with Gasteiger partial charge in [-0.15, -0.1) is 0 Å². The van der Waals surface area contributed by atoms with Crippen LogP contribution in [-0.2, 0) is 11.2 Å². The van der Waals surface area contributed by atoms with Gasteiger partial charge in [0.1, 0.15) is 5.69 Å². The predicted molar refractivity (Wildman–Crippen MR) is 134 cm³/mol. The summed E-state index contributed by atoms with van der Waals surface area (Å²) in [4.78, 5) is 42.1. The average molecular weight is 472 g/mol. The molecule has 35 heavy (non-hydrogen) atoms. The molecule has 0 spiro atoms. The van der Waals surface area contributed by atoms with E-state index in [2.05, 4.69) is 5.10 Å². The van der Waals surface area contributed by atoms with E-state index in [1.807, 2.05) is 62.1 Å². The van der Waals surface area contributed by atoms with Gasteiger partial charge in [0.2, 0.25) is 5.91 Å². The fourth-order valence-corrected chi connectivity index (χ4v) is 5.31. The molecule has 0 atom stereocenters. The van der Waals surface area contributed by atoms with Crippen LogP contribution in [0.3, 0.4) is 0 Å². The standard InChI is InChI=1S/C27H29N5O3/c1-16-7-6-8-19(13-16)32-25-21(23(29-32)26(28)34)10-12-31(27(25)35)24-17(2)14-20(15-18(24)3)30-11-5-4-9-22(30)33/h6-8,13-15H,4-5,9-12H2,1-3H3,(H2,28,34). The van der Waals surface area contributed by atoms with Crippen LogP contribution in [0.25, 0.3) is 5.69 Å². The Kier molecular flexibility index (Phi) is 5.67. The third kappa shape index (κ3) is 3.88. The van der Waals surface area contributed by atoms with E-state index in [1.54, 1.807) is 9.58 Å². The minimum atomic E-state index is -0.642. The number of piperidine rings is 1. The van der Waals surface area contributed by atoms with Crippen LogP contribution in [0.5, 0.6) is 0 Å². The predicted octanol–water partition coefficient (Wildman–Crippen LogP) is 3.62. The van der Waals surface area contributed by atoms with E-state index in [1.165, 1.54) is 0 Å². The third-order valence-corrected chi connectivity index (χ3v) is 6.88. The Balaban J connectivity index is 1.58. The molecule has 0 bridgehead atoms. The summed E-state index contributed by atoms with van der Waals surface area (Å²) in [6, 6.07) is 11.6. The van der Waals surface area contributed by atoms with Crippen molar-refractivity contribution in [3.63, 3.8) is 0 Å². The van der Waals surface area contributed by atoms with E-state index >= 15 is 0 Å². The smallest absolute Gasteiger partial charge is 0.277 e. The zero-order valence-corrected chi connectivity index (χ0v) is 20.3. The Labute approximate surface area is 204 Å². The zero-order valence-electron chi connectivity index (χ0n) is 20.3. The van der Waals surface area contributed by atoms with E-state index in [-0.39, 0.29) is 17.5 Å². The van der Waals surface area contributed by atoms with Crippen LogP contribution in [-0.4, -0.2) is 40.6 Å². The number of primary amides is 1. The highest BCUT2D eigenvalue weighted by atomic mass is 16.2. The van der Waals surface area contributed by atoms with E-state index in [9.17, 15) is 14.4 Å². The van der Waals surface area contributed by atoms with Crippen molar-refractivity contribution in [1.82, 2.24) is 9.78 Å². The minimum Gasteiger partial charge on any atom is -0.364 e. The molecule has 0 radical (unpaired) electrons. The molecule has 0 unspecified atom stereocenters. The lowest BCUT2D eigenvalue weighted by atomic mass is 9.98. The quantitative estimate of drug-likeness (QED) is 0.628. The van der Waals surface area contributed by atoms with E-state index in [0.29, 0.717) is 42.9 Å². The van der Waals surface area contributed by atoms with Crippen molar-refractivity contribution >= 4 is 29.1 Å². The molecule has 5 rings (SSSR count). The van der Waals surface area contributed by atoms with Gasteiger partial charge in [-0.25, -0.2) is 4.68 Å². The molecule has 2 N–H and O–H groups in total. The molecule has 2 aliphatic rings. The fraction of sp³-hybridized carbons (Fsp3) is 0.333. The maximum Gasteiger partial charge on any atom is 0.277 e. The van der Waals surface area contributed by atoms with Crippen LogP contribution >= 0.6 is 0 Å². The first-order chi connectivity index (χ1) is 16.8. The summed E-state index contributed by atoms with van der Waals surface area (Å²) in [5, 5.41) is 4.46. The molecule has 1 fully saturated rings. The van der Waals surface area contributed by atoms with Gasteiger partial charge in [-0.05, 0) is 81.0 Å². The van der Waals surface area contributed by atoms with Gasteiger partial charge in [0.25, 0.3) is 11.8 Å². The van der Waals surface area contributed by atoms with Gasteiger partial charge in [0, 0.05) is 36.4 Å².